The molecule has 9 heteroatoms. The van der Waals surface area contributed by atoms with Crippen LogP contribution in [0.15, 0.2) is 24.3 Å². The van der Waals surface area contributed by atoms with Crippen LogP contribution in [0.5, 0.6) is 11.5 Å². The zero-order chi connectivity index (χ0) is 22.1. The number of phenolic OH excluding ortho intramolecular Hbond substituents is 1. The van der Waals surface area contributed by atoms with Crippen molar-refractivity contribution in [2.75, 3.05) is 25.6 Å². The zero-order valence-electron chi connectivity index (χ0n) is 17.1. The lowest BCUT2D eigenvalue weighted by Crippen LogP contribution is -2.21. The Kier molecular flexibility index (Phi) is 8.67. The van der Waals surface area contributed by atoms with Crippen LogP contribution in [0.4, 0.5) is 5.00 Å². The van der Waals surface area contributed by atoms with Crippen molar-refractivity contribution in [2.45, 2.75) is 33.1 Å². The molecule has 2 rings (SSSR count). The van der Waals surface area contributed by atoms with Crippen LogP contribution in [-0.2, 0) is 31.9 Å². The summed E-state index contributed by atoms with van der Waals surface area (Å²) < 4.78 is 15.0. The molecule has 0 atom stereocenters. The number of methoxy groups -OCH3 is 1. The fraction of sp³-hybridized carbons (Fsp3) is 0.381. The van der Waals surface area contributed by atoms with E-state index in [1.165, 1.54) is 24.5 Å². The van der Waals surface area contributed by atoms with Gasteiger partial charge in [-0.25, -0.2) is 4.79 Å². The first-order valence-electron chi connectivity index (χ1n) is 9.49. The number of rotatable bonds is 10. The molecule has 1 heterocycles. The van der Waals surface area contributed by atoms with Crippen molar-refractivity contribution < 1.29 is 33.7 Å². The quantitative estimate of drug-likeness (QED) is 0.551. The maximum absolute atomic E-state index is 12.2. The summed E-state index contributed by atoms with van der Waals surface area (Å²) in [5.41, 5.74) is 1.03. The number of aromatic hydroxyl groups is 1. The first kappa shape index (κ1) is 23.2. The molecule has 0 saturated heterocycles. The molecule has 1 aromatic carbocycles. The number of aryl methyl sites for hydroxylation is 2. The molecule has 1 aromatic heterocycles. The number of hydrogen-bond acceptors (Lipinski definition) is 8. The molecule has 8 nitrogen and oxygen atoms in total. The Balaban J connectivity index is 1.85. The Labute approximate surface area is 178 Å². The second kappa shape index (κ2) is 11.2. The van der Waals surface area contributed by atoms with Gasteiger partial charge in [-0.1, -0.05) is 13.0 Å². The molecule has 162 valence electrons. The lowest BCUT2D eigenvalue weighted by Gasteiger charge is -2.08. The standard InChI is InChI=1S/C21H25NO7S/c1-4-14-11-15(21(26)28-5-2)20(30-14)22-18(24)12-29-19(25)9-7-13-6-8-17(27-3)16(23)10-13/h6,8,10-11,23H,4-5,7,9,12H2,1-3H3,(H,22,24). The Morgan fingerprint density at radius 2 is 1.90 bits per heavy atom. The molecule has 2 N–H and O–H groups in total. The lowest BCUT2D eigenvalue weighted by atomic mass is 10.1. The van der Waals surface area contributed by atoms with E-state index in [0.29, 0.717) is 23.6 Å². The van der Waals surface area contributed by atoms with E-state index in [1.807, 2.05) is 6.92 Å². The SMILES string of the molecule is CCOC(=O)c1cc(CC)sc1NC(=O)COC(=O)CCc1ccc(OC)c(O)c1. The Morgan fingerprint density at radius 3 is 2.53 bits per heavy atom. The minimum Gasteiger partial charge on any atom is -0.504 e. The average molecular weight is 435 g/mol. The van der Waals surface area contributed by atoms with Gasteiger partial charge in [-0.15, -0.1) is 11.3 Å². The predicted molar refractivity (Wildman–Crippen MR) is 112 cm³/mol. The molecule has 2 aromatic rings. The van der Waals surface area contributed by atoms with E-state index in [1.54, 1.807) is 25.1 Å². The van der Waals surface area contributed by atoms with Crippen molar-refractivity contribution in [3.05, 3.63) is 40.3 Å². The fourth-order valence-electron chi connectivity index (χ4n) is 2.59. The maximum Gasteiger partial charge on any atom is 0.341 e. The van der Waals surface area contributed by atoms with Crippen molar-refractivity contribution in [1.82, 2.24) is 0 Å². The average Bonchev–Trinajstić information content (AvgIpc) is 3.14. The molecule has 0 radical (unpaired) electrons. The van der Waals surface area contributed by atoms with Crippen LogP contribution >= 0.6 is 11.3 Å². The van der Waals surface area contributed by atoms with Crippen LogP contribution < -0.4 is 10.1 Å². The fourth-order valence-corrected chi connectivity index (χ4v) is 3.59. The summed E-state index contributed by atoms with van der Waals surface area (Å²) >= 11 is 1.28. The van der Waals surface area contributed by atoms with Gasteiger partial charge in [-0.3, -0.25) is 9.59 Å². The molecule has 1 amide bonds. The smallest absolute Gasteiger partial charge is 0.341 e. The monoisotopic (exact) mass is 435 g/mol. The molecule has 0 saturated carbocycles. The molecule has 0 fully saturated rings. The number of amides is 1. The van der Waals surface area contributed by atoms with Crippen LogP contribution in [0.3, 0.4) is 0 Å². The van der Waals surface area contributed by atoms with Gasteiger partial charge in [0.05, 0.1) is 19.3 Å². The second-order valence-electron chi connectivity index (χ2n) is 6.24. The van der Waals surface area contributed by atoms with Gasteiger partial charge in [0.1, 0.15) is 5.00 Å². The third kappa shape index (κ3) is 6.48. The number of carbonyl (C=O) groups excluding carboxylic acids is 3. The Morgan fingerprint density at radius 1 is 1.13 bits per heavy atom. The Hall–Kier alpha value is -3.07. The summed E-state index contributed by atoms with van der Waals surface area (Å²) in [7, 11) is 1.45. The Bertz CT molecular complexity index is 907. The van der Waals surface area contributed by atoms with Gasteiger partial charge in [0.25, 0.3) is 5.91 Å². The topological polar surface area (TPSA) is 111 Å². The van der Waals surface area contributed by atoms with Gasteiger partial charge < -0.3 is 24.6 Å². The molecule has 0 aliphatic rings. The largest absolute Gasteiger partial charge is 0.504 e. The molecule has 0 aliphatic carbocycles. The molecular formula is C21H25NO7S. The number of phenols is 1. The highest BCUT2D eigenvalue weighted by Gasteiger charge is 2.19. The highest BCUT2D eigenvalue weighted by atomic mass is 32.1. The van der Waals surface area contributed by atoms with Crippen LogP contribution in [0.25, 0.3) is 0 Å². The number of carbonyl (C=O) groups is 3. The van der Waals surface area contributed by atoms with E-state index in [9.17, 15) is 19.5 Å². The van der Waals surface area contributed by atoms with Gasteiger partial charge >= 0.3 is 11.9 Å². The summed E-state index contributed by atoms with van der Waals surface area (Å²) in [5, 5.41) is 12.7. The molecule has 0 aliphatic heterocycles. The zero-order valence-corrected chi connectivity index (χ0v) is 18.0. The normalized spacial score (nSPS) is 10.4. The summed E-state index contributed by atoms with van der Waals surface area (Å²) in [4.78, 5) is 37.1. The highest BCUT2D eigenvalue weighted by molar-refractivity contribution is 7.16. The molecule has 30 heavy (non-hydrogen) atoms. The number of thiophene rings is 1. The van der Waals surface area contributed by atoms with E-state index in [4.69, 9.17) is 14.2 Å². The number of ether oxygens (including phenoxy) is 3. The number of anilines is 1. The third-order valence-electron chi connectivity index (χ3n) is 4.11. The second-order valence-corrected chi connectivity index (χ2v) is 7.38. The predicted octanol–water partition coefficient (Wildman–Crippen LogP) is 3.32. The summed E-state index contributed by atoms with van der Waals surface area (Å²) in [6, 6.07) is 6.54. The van der Waals surface area contributed by atoms with Crippen LogP contribution in [-0.4, -0.2) is 43.3 Å². The minimum absolute atomic E-state index is 0.0115. The van der Waals surface area contributed by atoms with Gasteiger partial charge in [0.2, 0.25) is 0 Å². The van der Waals surface area contributed by atoms with Gasteiger partial charge in [0.15, 0.2) is 18.1 Å². The highest BCUT2D eigenvalue weighted by Crippen LogP contribution is 2.29. The van der Waals surface area contributed by atoms with Crippen LogP contribution in [0.1, 0.15) is 41.1 Å². The van der Waals surface area contributed by atoms with Gasteiger partial charge in [-0.2, -0.15) is 0 Å². The van der Waals surface area contributed by atoms with E-state index in [2.05, 4.69) is 5.32 Å². The van der Waals surface area contributed by atoms with Crippen molar-refractivity contribution >= 4 is 34.2 Å². The van der Waals surface area contributed by atoms with Gasteiger partial charge in [-0.05, 0) is 43.5 Å². The summed E-state index contributed by atoms with van der Waals surface area (Å²) in [6.45, 7) is 3.41. The molecule has 0 spiro atoms. The van der Waals surface area contributed by atoms with Crippen LogP contribution in [0, 0.1) is 0 Å². The van der Waals surface area contributed by atoms with E-state index >= 15 is 0 Å². The van der Waals surface area contributed by atoms with Crippen molar-refractivity contribution in [3.63, 3.8) is 0 Å². The van der Waals surface area contributed by atoms with Crippen LogP contribution in [0.2, 0.25) is 0 Å². The van der Waals surface area contributed by atoms with Crippen molar-refractivity contribution in [2.24, 2.45) is 0 Å². The third-order valence-corrected chi connectivity index (χ3v) is 5.30. The first-order valence-corrected chi connectivity index (χ1v) is 10.3. The lowest BCUT2D eigenvalue weighted by molar-refractivity contribution is -0.147. The summed E-state index contributed by atoms with van der Waals surface area (Å²) in [6.07, 6.45) is 1.10. The van der Waals surface area contributed by atoms with E-state index in [0.717, 1.165) is 10.4 Å². The number of esters is 2. The maximum atomic E-state index is 12.2. The van der Waals surface area contributed by atoms with Crippen molar-refractivity contribution in [1.29, 1.82) is 0 Å². The first-order chi connectivity index (χ1) is 14.4. The molecular weight excluding hydrogens is 410 g/mol. The van der Waals surface area contributed by atoms with E-state index in [-0.39, 0.29) is 24.3 Å². The minimum atomic E-state index is -0.550. The van der Waals surface area contributed by atoms with Crippen molar-refractivity contribution in [3.8, 4) is 11.5 Å². The number of nitrogens with one attached hydrogen (secondary N) is 1. The number of hydrogen-bond donors (Lipinski definition) is 2. The number of benzene rings is 1. The van der Waals surface area contributed by atoms with Gasteiger partial charge in [0, 0.05) is 11.3 Å². The summed E-state index contributed by atoms with van der Waals surface area (Å²) in [5.74, 6) is -1.27. The molecule has 0 bridgehead atoms. The van der Waals surface area contributed by atoms with E-state index < -0.39 is 24.5 Å². The molecule has 0 unspecified atom stereocenters.